The molecule has 1 aliphatic heterocycles. The number of thioether (sulfide) groups is 1. The summed E-state index contributed by atoms with van der Waals surface area (Å²) in [5.74, 6) is 0.722. The number of benzene rings is 1. The minimum Gasteiger partial charge on any atom is -0.273 e. The van der Waals surface area contributed by atoms with Crippen molar-refractivity contribution in [1.82, 2.24) is 0 Å². The Morgan fingerprint density at radius 3 is 3.00 bits per heavy atom. The van der Waals surface area contributed by atoms with E-state index in [9.17, 15) is 4.79 Å². The zero-order chi connectivity index (χ0) is 8.55. The van der Waals surface area contributed by atoms with Crippen molar-refractivity contribution >= 4 is 46.2 Å². The van der Waals surface area contributed by atoms with Crippen molar-refractivity contribution in [2.75, 3.05) is 8.87 Å². The SMILES string of the molecule is O=C1CSc2ccccc2N1I. The molecule has 1 aromatic carbocycles. The number of carbonyl (C=O) groups excluding carboxylic acids is 1. The predicted octanol–water partition coefficient (Wildman–Crippen LogP) is 2.48. The molecule has 1 aromatic rings. The fraction of sp³-hybridized carbons (Fsp3) is 0.125. The highest BCUT2D eigenvalue weighted by Crippen LogP contribution is 2.36. The number of halogens is 1. The van der Waals surface area contributed by atoms with Crippen LogP contribution in [0, 0.1) is 0 Å². The second-order valence-electron chi connectivity index (χ2n) is 2.43. The van der Waals surface area contributed by atoms with Crippen molar-refractivity contribution in [3.05, 3.63) is 24.3 Å². The van der Waals surface area contributed by atoms with Crippen molar-refractivity contribution in [3.8, 4) is 0 Å². The van der Waals surface area contributed by atoms with E-state index in [-0.39, 0.29) is 5.91 Å². The van der Waals surface area contributed by atoms with Crippen molar-refractivity contribution in [2.45, 2.75) is 4.90 Å². The van der Waals surface area contributed by atoms with Gasteiger partial charge in [-0.1, -0.05) is 12.1 Å². The topological polar surface area (TPSA) is 20.3 Å². The van der Waals surface area contributed by atoms with Crippen molar-refractivity contribution in [2.24, 2.45) is 0 Å². The van der Waals surface area contributed by atoms with E-state index in [1.54, 1.807) is 14.9 Å². The van der Waals surface area contributed by atoms with Crippen LogP contribution in [0.25, 0.3) is 0 Å². The van der Waals surface area contributed by atoms with Gasteiger partial charge in [0.1, 0.15) is 0 Å². The van der Waals surface area contributed by atoms with E-state index < -0.39 is 0 Å². The van der Waals surface area contributed by atoms with Gasteiger partial charge in [-0.15, -0.1) is 11.8 Å². The van der Waals surface area contributed by atoms with Crippen molar-refractivity contribution in [3.63, 3.8) is 0 Å². The highest BCUT2D eigenvalue weighted by molar-refractivity contribution is 14.1. The van der Waals surface area contributed by atoms with Crippen LogP contribution in [0.5, 0.6) is 0 Å². The van der Waals surface area contributed by atoms with Crippen LogP contribution in [0.1, 0.15) is 0 Å². The van der Waals surface area contributed by atoms with Gasteiger partial charge in [-0.2, -0.15) is 0 Å². The molecule has 1 amide bonds. The summed E-state index contributed by atoms with van der Waals surface area (Å²) < 4.78 is 1.68. The molecule has 0 spiro atoms. The molecule has 0 fully saturated rings. The van der Waals surface area contributed by atoms with Gasteiger partial charge in [0.25, 0.3) is 0 Å². The maximum atomic E-state index is 11.3. The maximum Gasteiger partial charge on any atom is 0.246 e. The molecule has 2 nitrogen and oxygen atoms in total. The quantitative estimate of drug-likeness (QED) is 0.540. The molecule has 2 rings (SSSR count). The minimum absolute atomic E-state index is 0.166. The number of carbonyl (C=O) groups is 1. The van der Waals surface area contributed by atoms with E-state index in [4.69, 9.17) is 0 Å². The van der Waals surface area contributed by atoms with Crippen LogP contribution in [0.2, 0.25) is 0 Å². The summed E-state index contributed by atoms with van der Waals surface area (Å²) in [7, 11) is 0. The Balaban J connectivity index is 2.48. The Bertz CT molecular complexity index is 329. The van der Waals surface area contributed by atoms with Crippen LogP contribution in [0.15, 0.2) is 29.2 Å². The lowest BCUT2D eigenvalue weighted by Gasteiger charge is -2.22. The Kier molecular flexibility index (Phi) is 2.27. The Labute approximate surface area is 88.8 Å². The lowest BCUT2D eigenvalue weighted by Crippen LogP contribution is -2.25. The van der Waals surface area contributed by atoms with E-state index in [0.717, 1.165) is 5.69 Å². The van der Waals surface area contributed by atoms with Gasteiger partial charge in [0.05, 0.1) is 34.3 Å². The third-order valence-electron chi connectivity index (χ3n) is 1.65. The summed E-state index contributed by atoms with van der Waals surface area (Å²) >= 11 is 3.65. The minimum atomic E-state index is 0.166. The molecule has 0 atom stereocenters. The van der Waals surface area contributed by atoms with Crippen LogP contribution in [-0.4, -0.2) is 11.7 Å². The molecule has 12 heavy (non-hydrogen) atoms. The van der Waals surface area contributed by atoms with Gasteiger partial charge >= 0.3 is 0 Å². The first-order valence-electron chi connectivity index (χ1n) is 3.49. The largest absolute Gasteiger partial charge is 0.273 e. The number of rotatable bonds is 0. The van der Waals surface area contributed by atoms with Gasteiger partial charge in [-0.3, -0.25) is 7.91 Å². The lowest BCUT2D eigenvalue weighted by atomic mass is 10.3. The fourth-order valence-electron chi connectivity index (χ4n) is 1.07. The molecule has 1 aliphatic rings. The number of hydrogen-bond donors (Lipinski definition) is 0. The molecular weight excluding hydrogens is 285 g/mol. The van der Waals surface area contributed by atoms with Gasteiger partial charge in [0.15, 0.2) is 0 Å². The molecule has 1 heterocycles. The zero-order valence-corrected chi connectivity index (χ0v) is 9.13. The Hall–Kier alpha value is -0.230. The van der Waals surface area contributed by atoms with Gasteiger partial charge < -0.3 is 0 Å². The maximum absolute atomic E-state index is 11.3. The molecule has 0 aliphatic carbocycles. The van der Waals surface area contributed by atoms with E-state index in [1.807, 2.05) is 47.1 Å². The summed E-state index contributed by atoms with van der Waals surface area (Å²) in [5.41, 5.74) is 1.01. The molecule has 62 valence electrons. The second kappa shape index (κ2) is 3.26. The Morgan fingerprint density at radius 2 is 2.17 bits per heavy atom. The standard InChI is InChI=1S/C8H6INOS/c9-10-6-3-1-2-4-7(6)12-5-8(10)11/h1-4H,5H2. The number of hydrogen-bond acceptors (Lipinski definition) is 2. The zero-order valence-electron chi connectivity index (χ0n) is 6.16. The van der Waals surface area contributed by atoms with E-state index in [2.05, 4.69) is 0 Å². The summed E-state index contributed by atoms with van der Waals surface area (Å²) in [6.07, 6.45) is 0. The average molecular weight is 291 g/mol. The predicted molar refractivity (Wildman–Crippen MR) is 58.7 cm³/mol. The number of fused-ring (bicyclic) bond motifs is 1. The van der Waals surface area contributed by atoms with Crippen LogP contribution < -0.4 is 3.11 Å². The summed E-state index contributed by atoms with van der Waals surface area (Å²) in [4.78, 5) is 12.4. The Morgan fingerprint density at radius 1 is 1.42 bits per heavy atom. The smallest absolute Gasteiger partial charge is 0.246 e. The normalized spacial score (nSPS) is 16.1. The number of amides is 1. The van der Waals surface area contributed by atoms with Crippen molar-refractivity contribution in [1.29, 1.82) is 0 Å². The number of nitrogens with zero attached hydrogens (tertiary/aromatic N) is 1. The molecule has 0 bridgehead atoms. The van der Waals surface area contributed by atoms with Crippen LogP contribution >= 0.6 is 34.6 Å². The van der Waals surface area contributed by atoms with Crippen molar-refractivity contribution < 1.29 is 4.79 Å². The van der Waals surface area contributed by atoms with E-state index in [1.165, 1.54) is 4.90 Å². The first-order chi connectivity index (χ1) is 5.79. The third kappa shape index (κ3) is 1.33. The first kappa shape index (κ1) is 8.37. The molecule has 0 saturated heterocycles. The monoisotopic (exact) mass is 291 g/mol. The molecular formula is C8H6INOS. The molecule has 0 radical (unpaired) electrons. The third-order valence-corrected chi connectivity index (χ3v) is 3.75. The van der Waals surface area contributed by atoms with Gasteiger partial charge in [-0.25, -0.2) is 0 Å². The highest BCUT2D eigenvalue weighted by Gasteiger charge is 2.21. The molecule has 4 heteroatoms. The van der Waals surface area contributed by atoms with Gasteiger partial charge in [0.2, 0.25) is 5.91 Å². The molecule has 0 unspecified atom stereocenters. The van der Waals surface area contributed by atoms with Gasteiger partial charge in [0, 0.05) is 4.90 Å². The molecule has 0 N–H and O–H groups in total. The summed E-state index contributed by atoms with van der Waals surface area (Å²) in [6.45, 7) is 0. The van der Waals surface area contributed by atoms with E-state index >= 15 is 0 Å². The molecule has 0 aromatic heterocycles. The highest BCUT2D eigenvalue weighted by atomic mass is 127. The van der Waals surface area contributed by atoms with Crippen LogP contribution in [0.3, 0.4) is 0 Å². The van der Waals surface area contributed by atoms with Gasteiger partial charge in [-0.05, 0) is 12.1 Å². The first-order valence-corrected chi connectivity index (χ1v) is 5.44. The average Bonchev–Trinajstić information content (AvgIpc) is 2.12. The summed E-state index contributed by atoms with van der Waals surface area (Å²) in [6, 6.07) is 7.94. The van der Waals surface area contributed by atoms with E-state index in [0.29, 0.717) is 5.75 Å². The molecule has 0 saturated carbocycles. The number of anilines is 1. The fourth-order valence-corrected chi connectivity index (χ4v) is 2.95. The summed E-state index contributed by atoms with van der Waals surface area (Å²) in [5, 5.41) is 0. The second-order valence-corrected chi connectivity index (χ2v) is 4.41. The lowest BCUT2D eigenvalue weighted by molar-refractivity contribution is -0.114. The van der Waals surface area contributed by atoms with Crippen LogP contribution in [-0.2, 0) is 4.79 Å². The van der Waals surface area contributed by atoms with Crippen LogP contribution in [0.4, 0.5) is 5.69 Å². The number of para-hydroxylation sites is 1.